The number of nitrogens with zero attached hydrogens (tertiary/aromatic N) is 1. The first-order valence-electron chi connectivity index (χ1n) is 9.09. The van der Waals surface area contributed by atoms with E-state index < -0.39 is 5.97 Å². The zero-order valence-corrected chi connectivity index (χ0v) is 15.6. The SMILES string of the molecule is CCOC(=O)c1ccc(-c2ccc(C=C3N=C(c4ccccc4)OC3=O)o2)cc1. The number of ether oxygens (including phenoxy) is 2. The van der Waals surface area contributed by atoms with Crippen LogP contribution in [0.4, 0.5) is 0 Å². The first-order chi connectivity index (χ1) is 14.1. The minimum atomic E-state index is -0.527. The summed E-state index contributed by atoms with van der Waals surface area (Å²) in [6, 6.07) is 19.6. The second-order valence-corrected chi connectivity index (χ2v) is 6.20. The Morgan fingerprint density at radius 3 is 2.48 bits per heavy atom. The summed E-state index contributed by atoms with van der Waals surface area (Å²) in [6.45, 7) is 2.09. The van der Waals surface area contributed by atoms with E-state index in [1.165, 1.54) is 6.08 Å². The molecular formula is C23H17NO5. The molecule has 0 saturated heterocycles. The molecular weight excluding hydrogens is 370 g/mol. The summed E-state index contributed by atoms with van der Waals surface area (Å²) in [7, 11) is 0. The lowest BCUT2D eigenvalue weighted by Crippen LogP contribution is -2.04. The zero-order chi connectivity index (χ0) is 20.2. The second-order valence-electron chi connectivity index (χ2n) is 6.20. The van der Waals surface area contributed by atoms with Crippen LogP contribution in [0.3, 0.4) is 0 Å². The third kappa shape index (κ3) is 4.01. The van der Waals surface area contributed by atoms with Crippen molar-refractivity contribution < 1.29 is 23.5 Å². The largest absolute Gasteiger partial charge is 0.462 e. The molecule has 0 amide bonds. The van der Waals surface area contributed by atoms with Crippen LogP contribution in [-0.4, -0.2) is 24.4 Å². The maximum Gasteiger partial charge on any atom is 0.363 e. The molecule has 0 bridgehead atoms. The molecule has 0 unspecified atom stereocenters. The normalized spacial score (nSPS) is 14.6. The quantitative estimate of drug-likeness (QED) is 0.477. The van der Waals surface area contributed by atoms with Gasteiger partial charge in [0.2, 0.25) is 5.90 Å². The van der Waals surface area contributed by atoms with E-state index in [0.29, 0.717) is 23.7 Å². The van der Waals surface area contributed by atoms with Crippen LogP contribution >= 0.6 is 0 Å². The lowest BCUT2D eigenvalue weighted by atomic mass is 10.1. The van der Waals surface area contributed by atoms with Crippen molar-refractivity contribution in [2.45, 2.75) is 6.92 Å². The van der Waals surface area contributed by atoms with Gasteiger partial charge in [0.15, 0.2) is 5.70 Å². The molecule has 1 aliphatic rings. The predicted molar refractivity (Wildman–Crippen MR) is 107 cm³/mol. The fraction of sp³-hybridized carbons (Fsp3) is 0.0870. The van der Waals surface area contributed by atoms with Crippen molar-refractivity contribution in [2.24, 2.45) is 4.99 Å². The van der Waals surface area contributed by atoms with Crippen molar-refractivity contribution in [3.8, 4) is 11.3 Å². The smallest absolute Gasteiger partial charge is 0.363 e. The van der Waals surface area contributed by atoms with E-state index in [1.54, 1.807) is 43.3 Å². The van der Waals surface area contributed by atoms with Gasteiger partial charge in [-0.15, -0.1) is 0 Å². The molecule has 6 nitrogen and oxygen atoms in total. The fourth-order valence-electron chi connectivity index (χ4n) is 2.82. The average Bonchev–Trinajstić information content (AvgIpc) is 3.36. The molecule has 0 spiro atoms. The molecule has 144 valence electrons. The highest BCUT2D eigenvalue weighted by molar-refractivity contribution is 6.12. The summed E-state index contributed by atoms with van der Waals surface area (Å²) in [5.74, 6) is 0.449. The summed E-state index contributed by atoms with van der Waals surface area (Å²) in [6.07, 6.45) is 1.54. The summed E-state index contributed by atoms with van der Waals surface area (Å²) in [5, 5.41) is 0. The first kappa shape index (κ1) is 18.4. The van der Waals surface area contributed by atoms with Gasteiger partial charge in [0.1, 0.15) is 11.5 Å². The molecule has 0 radical (unpaired) electrons. The Morgan fingerprint density at radius 2 is 1.76 bits per heavy atom. The zero-order valence-electron chi connectivity index (χ0n) is 15.6. The highest BCUT2D eigenvalue weighted by atomic mass is 16.6. The van der Waals surface area contributed by atoms with Crippen molar-refractivity contribution >= 4 is 23.9 Å². The molecule has 1 aliphatic heterocycles. The highest BCUT2D eigenvalue weighted by Gasteiger charge is 2.24. The van der Waals surface area contributed by atoms with Crippen LogP contribution < -0.4 is 0 Å². The van der Waals surface area contributed by atoms with E-state index in [4.69, 9.17) is 13.9 Å². The number of rotatable bonds is 5. The Kier molecular flexibility index (Phi) is 5.07. The van der Waals surface area contributed by atoms with Crippen molar-refractivity contribution in [2.75, 3.05) is 6.61 Å². The monoisotopic (exact) mass is 387 g/mol. The molecule has 2 heterocycles. The van der Waals surface area contributed by atoms with Gasteiger partial charge in [0.05, 0.1) is 12.2 Å². The lowest BCUT2D eigenvalue weighted by Gasteiger charge is -2.02. The van der Waals surface area contributed by atoms with Crippen molar-refractivity contribution in [1.82, 2.24) is 0 Å². The number of benzene rings is 2. The standard InChI is InChI=1S/C23H17NO5/c1-2-27-22(25)17-10-8-15(9-11-17)20-13-12-18(28-20)14-19-23(26)29-21(24-19)16-6-4-3-5-7-16/h3-14H,2H2,1H3. The molecule has 6 heteroatoms. The summed E-state index contributed by atoms with van der Waals surface area (Å²) in [5.41, 5.74) is 2.17. The number of furan rings is 1. The van der Waals surface area contributed by atoms with Crippen molar-refractivity contribution in [1.29, 1.82) is 0 Å². The maximum atomic E-state index is 12.1. The molecule has 0 saturated carbocycles. The molecule has 0 fully saturated rings. The number of carbonyl (C=O) groups excluding carboxylic acids is 2. The third-order valence-corrected chi connectivity index (χ3v) is 4.23. The van der Waals surface area contributed by atoms with E-state index in [9.17, 15) is 9.59 Å². The second kappa shape index (κ2) is 7.98. The molecule has 0 aliphatic carbocycles. The van der Waals surface area contributed by atoms with Crippen molar-refractivity contribution in [3.05, 3.63) is 89.3 Å². The Hall–Kier alpha value is -3.93. The number of hydrogen-bond donors (Lipinski definition) is 0. The molecule has 0 atom stereocenters. The Bertz CT molecular complexity index is 1110. The van der Waals surface area contributed by atoms with Crippen LogP contribution in [0, 0.1) is 0 Å². The summed E-state index contributed by atoms with van der Waals surface area (Å²) < 4.78 is 16.0. The third-order valence-electron chi connectivity index (χ3n) is 4.23. The van der Waals surface area contributed by atoms with Gasteiger partial charge >= 0.3 is 11.9 Å². The van der Waals surface area contributed by atoms with Gasteiger partial charge < -0.3 is 13.9 Å². The van der Waals surface area contributed by atoms with Gasteiger partial charge in [-0.3, -0.25) is 0 Å². The molecule has 29 heavy (non-hydrogen) atoms. The van der Waals surface area contributed by atoms with E-state index >= 15 is 0 Å². The van der Waals surface area contributed by atoms with Gasteiger partial charge in [0.25, 0.3) is 0 Å². The van der Waals surface area contributed by atoms with E-state index in [1.807, 2.05) is 30.3 Å². The van der Waals surface area contributed by atoms with Crippen LogP contribution in [0.2, 0.25) is 0 Å². The number of cyclic esters (lactones) is 1. The molecule has 2 aromatic carbocycles. The molecule has 4 rings (SSSR count). The number of hydrogen-bond acceptors (Lipinski definition) is 6. The number of esters is 2. The first-order valence-corrected chi connectivity index (χ1v) is 9.09. The van der Waals surface area contributed by atoms with Crippen LogP contribution in [0.15, 0.2) is 81.8 Å². The van der Waals surface area contributed by atoms with E-state index in [0.717, 1.165) is 11.1 Å². The molecule has 1 aromatic heterocycles. The summed E-state index contributed by atoms with van der Waals surface area (Å²) >= 11 is 0. The Morgan fingerprint density at radius 1 is 1.00 bits per heavy atom. The van der Waals surface area contributed by atoms with E-state index in [2.05, 4.69) is 4.99 Å². The van der Waals surface area contributed by atoms with Crippen LogP contribution in [0.1, 0.15) is 28.6 Å². The highest BCUT2D eigenvalue weighted by Crippen LogP contribution is 2.25. The fourth-order valence-corrected chi connectivity index (χ4v) is 2.82. The van der Waals surface area contributed by atoms with Gasteiger partial charge in [-0.1, -0.05) is 30.3 Å². The Labute approximate surface area is 167 Å². The maximum absolute atomic E-state index is 12.1. The lowest BCUT2D eigenvalue weighted by molar-refractivity contribution is -0.129. The molecule has 0 N–H and O–H groups in total. The van der Waals surface area contributed by atoms with E-state index in [-0.39, 0.29) is 17.6 Å². The number of carbonyl (C=O) groups is 2. The van der Waals surface area contributed by atoms with Gasteiger partial charge in [0, 0.05) is 17.2 Å². The topological polar surface area (TPSA) is 78.1 Å². The minimum Gasteiger partial charge on any atom is -0.462 e. The van der Waals surface area contributed by atoms with Gasteiger partial charge in [-0.2, -0.15) is 0 Å². The average molecular weight is 387 g/mol. The van der Waals surface area contributed by atoms with Crippen LogP contribution in [-0.2, 0) is 14.3 Å². The van der Waals surface area contributed by atoms with Crippen LogP contribution in [0.25, 0.3) is 17.4 Å². The van der Waals surface area contributed by atoms with Crippen molar-refractivity contribution in [3.63, 3.8) is 0 Å². The number of aliphatic imine (C=N–C) groups is 1. The predicted octanol–water partition coefficient (Wildman–Crippen LogP) is 4.47. The molecule has 3 aromatic rings. The van der Waals surface area contributed by atoms with Crippen LogP contribution in [0.5, 0.6) is 0 Å². The van der Waals surface area contributed by atoms with Gasteiger partial charge in [-0.25, -0.2) is 14.6 Å². The minimum absolute atomic E-state index is 0.169. The summed E-state index contributed by atoms with van der Waals surface area (Å²) in [4.78, 5) is 28.1. The Balaban J connectivity index is 1.54. The van der Waals surface area contributed by atoms with Gasteiger partial charge in [-0.05, 0) is 43.3 Å².